The molecule has 1 aromatic rings. The quantitative estimate of drug-likeness (QED) is 0.682. The van der Waals surface area contributed by atoms with Crippen molar-refractivity contribution >= 4 is 15.9 Å². The van der Waals surface area contributed by atoms with E-state index in [9.17, 15) is 13.2 Å². The second-order valence-electron chi connectivity index (χ2n) is 5.59. The summed E-state index contributed by atoms with van der Waals surface area (Å²) in [6.07, 6.45) is 0. The summed E-state index contributed by atoms with van der Waals surface area (Å²) in [5.74, 6) is 0.291. The number of ether oxygens (including phenoxy) is 1. The average Bonchev–Trinajstić information content (AvgIpc) is 2.55. The molecule has 2 rings (SSSR count). The molecular weight excluding hydrogens is 318 g/mol. The van der Waals surface area contributed by atoms with Gasteiger partial charge in [-0.3, -0.25) is 4.79 Å². The lowest BCUT2D eigenvalue weighted by molar-refractivity contribution is -0.917. The number of benzene rings is 1. The molecule has 1 aliphatic heterocycles. The maximum Gasteiger partial charge on any atom is 0.275 e. The minimum atomic E-state index is -3.51. The molecule has 3 N–H and O–H groups in total. The first-order valence-electron chi connectivity index (χ1n) is 7.73. The van der Waals surface area contributed by atoms with E-state index >= 15 is 0 Å². The van der Waals surface area contributed by atoms with Gasteiger partial charge < -0.3 is 15.4 Å². The predicted octanol–water partition coefficient (Wildman–Crippen LogP) is -1.15. The lowest BCUT2D eigenvalue weighted by Crippen LogP contribution is -3.19. The van der Waals surface area contributed by atoms with Gasteiger partial charge >= 0.3 is 0 Å². The van der Waals surface area contributed by atoms with Gasteiger partial charge in [-0.25, -0.2) is 8.42 Å². The van der Waals surface area contributed by atoms with Gasteiger partial charge in [0.25, 0.3) is 5.91 Å². The monoisotopic (exact) mass is 342 g/mol. The molecule has 1 amide bonds. The molecule has 1 heterocycles. The van der Waals surface area contributed by atoms with E-state index in [0.29, 0.717) is 38.5 Å². The number of quaternary nitrogens is 1. The van der Waals surface area contributed by atoms with Crippen LogP contribution in [0.1, 0.15) is 13.8 Å². The number of nitrogens with one attached hydrogen (secondary N) is 1. The Balaban J connectivity index is 2.05. The van der Waals surface area contributed by atoms with E-state index in [4.69, 9.17) is 10.5 Å². The van der Waals surface area contributed by atoms with Gasteiger partial charge in [-0.15, -0.1) is 0 Å². The summed E-state index contributed by atoms with van der Waals surface area (Å²) in [5, 5.41) is 0. The van der Waals surface area contributed by atoms with Gasteiger partial charge in [0, 0.05) is 0 Å². The van der Waals surface area contributed by atoms with Gasteiger partial charge in [0.05, 0.1) is 37.7 Å². The third-order valence-corrected chi connectivity index (χ3v) is 6.09. The van der Waals surface area contributed by atoms with Crippen LogP contribution in [-0.4, -0.2) is 57.5 Å². The molecule has 1 aliphatic rings. The van der Waals surface area contributed by atoms with Crippen molar-refractivity contribution in [2.45, 2.75) is 24.8 Å². The highest BCUT2D eigenvalue weighted by Crippen LogP contribution is 2.19. The number of nitrogens with two attached hydrogens (primary N) is 1. The van der Waals surface area contributed by atoms with Crippen LogP contribution in [0.4, 0.5) is 0 Å². The number of hydrogen-bond acceptors (Lipinski definition) is 4. The van der Waals surface area contributed by atoms with Gasteiger partial charge in [0.2, 0.25) is 10.0 Å². The molecule has 0 unspecified atom stereocenters. The first-order valence-corrected chi connectivity index (χ1v) is 9.17. The number of carbonyl (C=O) groups excluding carboxylic acids is 1. The number of piperazine rings is 1. The van der Waals surface area contributed by atoms with Crippen molar-refractivity contribution in [2.24, 2.45) is 5.73 Å². The number of sulfonamides is 1. The van der Waals surface area contributed by atoms with Crippen LogP contribution in [-0.2, 0) is 14.8 Å². The first kappa shape index (κ1) is 17.7. The molecule has 1 saturated heterocycles. The van der Waals surface area contributed by atoms with Crippen LogP contribution in [0.2, 0.25) is 0 Å². The predicted molar refractivity (Wildman–Crippen MR) is 85.7 cm³/mol. The van der Waals surface area contributed by atoms with Gasteiger partial charge in [0.1, 0.15) is 5.75 Å². The topological polar surface area (TPSA) is 94.1 Å². The summed E-state index contributed by atoms with van der Waals surface area (Å²) in [5.41, 5.74) is 5.31. The molecule has 0 radical (unpaired) electrons. The van der Waals surface area contributed by atoms with Gasteiger partial charge in [-0.05, 0) is 38.1 Å². The summed E-state index contributed by atoms with van der Waals surface area (Å²) >= 11 is 0. The first-order chi connectivity index (χ1) is 10.9. The Kier molecular flexibility index (Phi) is 5.61. The van der Waals surface area contributed by atoms with E-state index in [1.807, 2.05) is 6.92 Å². The fourth-order valence-electron chi connectivity index (χ4n) is 2.67. The van der Waals surface area contributed by atoms with Crippen LogP contribution < -0.4 is 15.4 Å². The second kappa shape index (κ2) is 7.29. The molecule has 0 aliphatic carbocycles. The van der Waals surface area contributed by atoms with Crippen LogP contribution in [0.25, 0.3) is 0 Å². The third-order valence-electron chi connectivity index (χ3n) is 4.18. The van der Waals surface area contributed by atoms with Crippen LogP contribution in [0.5, 0.6) is 5.75 Å². The van der Waals surface area contributed by atoms with Gasteiger partial charge in [0.15, 0.2) is 6.04 Å². The van der Waals surface area contributed by atoms with Gasteiger partial charge in [-0.1, -0.05) is 0 Å². The zero-order valence-electron chi connectivity index (χ0n) is 13.5. The molecule has 1 atom stereocenters. The number of nitrogens with zero attached hydrogens (tertiary/aromatic N) is 1. The smallest absolute Gasteiger partial charge is 0.275 e. The summed E-state index contributed by atoms with van der Waals surface area (Å²) in [6, 6.07) is 6.14. The van der Waals surface area contributed by atoms with Crippen molar-refractivity contribution in [1.82, 2.24) is 4.31 Å². The summed E-state index contributed by atoms with van der Waals surface area (Å²) in [7, 11) is -3.51. The van der Waals surface area contributed by atoms with Crippen molar-refractivity contribution in [2.75, 3.05) is 32.8 Å². The van der Waals surface area contributed by atoms with Crippen LogP contribution in [0.15, 0.2) is 29.2 Å². The van der Waals surface area contributed by atoms with E-state index in [0.717, 1.165) is 4.90 Å². The van der Waals surface area contributed by atoms with E-state index in [1.54, 1.807) is 31.2 Å². The Morgan fingerprint density at radius 1 is 1.30 bits per heavy atom. The normalized spacial score (nSPS) is 18.5. The molecule has 0 spiro atoms. The molecule has 0 aromatic heterocycles. The van der Waals surface area contributed by atoms with Gasteiger partial charge in [-0.2, -0.15) is 4.31 Å². The lowest BCUT2D eigenvalue weighted by Gasteiger charge is -2.33. The van der Waals surface area contributed by atoms with Crippen molar-refractivity contribution in [3.63, 3.8) is 0 Å². The Morgan fingerprint density at radius 2 is 1.87 bits per heavy atom. The van der Waals surface area contributed by atoms with Crippen molar-refractivity contribution in [3.05, 3.63) is 24.3 Å². The number of amides is 1. The summed E-state index contributed by atoms with van der Waals surface area (Å²) < 4.78 is 32.1. The molecule has 1 fully saturated rings. The Morgan fingerprint density at radius 3 is 2.35 bits per heavy atom. The largest absolute Gasteiger partial charge is 0.494 e. The van der Waals surface area contributed by atoms with E-state index in [-0.39, 0.29) is 16.8 Å². The molecule has 1 aromatic carbocycles. The van der Waals surface area contributed by atoms with E-state index in [1.165, 1.54) is 4.31 Å². The maximum absolute atomic E-state index is 12.7. The average molecular weight is 342 g/mol. The zero-order chi connectivity index (χ0) is 17.0. The molecular formula is C15H24N3O4S+. The third kappa shape index (κ3) is 4.01. The number of carbonyl (C=O) groups is 1. The zero-order valence-corrected chi connectivity index (χ0v) is 14.3. The minimum absolute atomic E-state index is 0.257. The Bertz CT molecular complexity index is 637. The Labute approximate surface area is 137 Å². The minimum Gasteiger partial charge on any atom is -0.494 e. The highest BCUT2D eigenvalue weighted by Gasteiger charge is 2.33. The maximum atomic E-state index is 12.7. The number of rotatable bonds is 6. The summed E-state index contributed by atoms with van der Waals surface area (Å²) in [6.45, 7) is 6.08. The summed E-state index contributed by atoms with van der Waals surface area (Å²) in [4.78, 5) is 12.5. The lowest BCUT2D eigenvalue weighted by atomic mass is 10.2. The fraction of sp³-hybridized carbons (Fsp3) is 0.533. The van der Waals surface area contributed by atoms with E-state index < -0.39 is 10.0 Å². The van der Waals surface area contributed by atoms with Crippen molar-refractivity contribution in [3.8, 4) is 5.75 Å². The molecule has 8 heteroatoms. The number of hydrogen-bond donors (Lipinski definition) is 2. The van der Waals surface area contributed by atoms with E-state index in [2.05, 4.69) is 0 Å². The fourth-order valence-corrected chi connectivity index (χ4v) is 4.11. The van der Waals surface area contributed by atoms with Crippen molar-refractivity contribution < 1.29 is 22.8 Å². The standard InChI is InChI=1S/C15H23N3O4S/c1-3-22-13-4-6-14(7-5-13)23(20,21)18-10-8-17(9-11-18)12(2)15(16)19/h4-7,12H,3,8-11H2,1-2H3,(H2,16,19)/p+1/t12-/m0/s1. The highest BCUT2D eigenvalue weighted by molar-refractivity contribution is 7.89. The molecule has 23 heavy (non-hydrogen) atoms. The Hall–Kier alpha value is -1.64. The van der Waals surface area contributed by atoms with Crippen LogP contribution in [0.3, 0.4) is 0 Å². The molecule has 128 valence electrons. The van der Waals surface area contributed by atoms with Crippen LogP contribution in [0, 0.1) is 0 Å². The highest BCUT2D eigenvalue weighted by atomic mass is 32.2. The number of primary amides is 1. The molecule has 7 nitrogen and oxygen atoms in total. The van der Waals surface area contributed by atoms with Crippen LogP contribution >= 0.6 is 0 Å². The molecule has 0 bridgehead atoms. The second-order valence-corrected chi connectivity index (χ2v) is 7.53. The SMILES string of the molecule is CCOc1ccc(S(=O)(=O)N2CC[NH+]([C@@H](C)C(N)=O)CC2)cc1. The molecule has 0 saturated carbocycles. The van der Waals surface area contributed by atoms with Crippen molar-refractivity contribution in [1.29, 1.82) is 0 Å².